The van der Waals surface area contributed by atoms with Gasteiger partial charge in [0.2, 0.25) is 0 Å². The zero-order valence-electron chi connectivity index (χ0n) is 12.5. The van der Waals surface area contributed by atoms with Gasteiger partial charge < -0.3 is 15.4 Å². The number of anilines is 1. The summed E-state index contributed by atoms with van der Waals surface area (Å²) >= 11 is 0. The molecule has 7 nitrogen and oxygen atoms in total. The highest BCUT2D eigenvalue weighted by Crippen LogP contribution is 2.12. The van der Waals surface area contributed by atoms with E-state index in [9.17, 15) is 13.2 Å². The lowest BCUT2D eigenvalue weighted by atomic mass is 10.2. The predicted molar refractivity (Wildman–Crippen MR) is 83.7 cm³/mol. The number of carbonyl (C=O) groups is 1. The molecule has 1 amide bonds. The minimum atomic E-state index is -3.00. The Morgan fingerprint density at radius 1 is 1.45 bits per heavy atom. The molecule has 2 N–H and O–H groups in total. The van der Waals surface area contributed by atoms with Gasteiger partial charge in [0.25, 0.3) is 5.91 Å². The number of hydrogen-bond donors (Lipinski definition) is 2. The summed E-state index contributed by atoms with van der Waals surface area (Å²) in [5.74, 6) is 0.558. The van der Waals surface area contributed by atoms with Crippen LogP contribution in [-0.2, 0) is 14.6 Å². The van der Waals surface area contributed by atoms with Crippen LogP contribution in [-0.4, -0.2) is 57.1 Å². The highest BCUT2D eigenvalue weighted by Gasteiger charge is 2.29. The van der Waals surface area contributed by atoms with E-state index in [0.29, 0.717) is 24.4 Å². The number of carbonyl (C=O) groups excluding carboxylic acids is 1. The van der Waals surface area contributed by atoms with Crippen LogP contribution in [0.5, 0.6) is 0 Å². The summed E-state index contributed by atoms with van der Waals surface area (Å²) < 4.78 is 27.7. The second kappa shape index (κ2) is 7.55. The number of ether oxygens (including phenoxy) is 1. The molecule has 0 bridgehead atoms. The minimum absolute atomic E-state index is 0.0192. The summed E-state index contributed by atoms with van der Waals surface area (Å²) in [4.78, 5) is 16.2. The second-order valence-corrected chi connectivity index (χ2v) is 7.51. The van der Waals surface area contributed by atoms with Crippen LogP contribution < -0.4 is 10.6 Å². The molecule has 1 fully saturated rings. The number of nitrogens with zero attached hydrogens (tertiary/aromatic N) is 1. The van der Waals surface area contributed by atoms with Gasteiger partial charge in [0.05, 0.1) is 17.1 Å². The highest BCUT2D eigenvalue weighted by molar-refractivity contribution is 7.91. The fourth-order valence-electron chi connectivity index (χ4n) is 2.24. The Balaban J connectivity index is 1.83. The Bertz CT molecular complexity index is 601. The van der Waals surface area contributed by atoms with Gasteiger partial charge in [-0.1, -0.05) is 0 Å². The fraction of sp³-hybridized carbons (Fsp3) is 0.571. The summed E-state index contributed by atoms with van der Waals surface area (Å²) in [6, 6.07) is 3.10. The molecule has 2 heterocycles. The summed E-state index contributed by atoms with van der Waals surface area (Å²) in [5, 5.41) is 5.86. The lowest BCUT2D eigenvalue weighted by Gasteiger charge is -2.11. The van der Waals surface area contributed by atoms with E-state index in [2.05, 4.69) is 15.6 Å². The van der Waals surface area contributed by atoms with Gasteiger partial charge in [-0.3, -0.25) is 4.79 Å². The van der Waals surface area contributed by atoms with E-state index in [1.165, 1.54) is 6.20 Å². The summed E-state index contributed by atoms with van der Waals surface area (Å²) in [5.41, 5.74) is 0.423. The molecule has 122 valence electrons. The zero-order chi connectivity index (χ0) is 16.0. The lowest BCUT2D eigenvalue weighted by molar-refractivity contribution is 0.0941. The summed E-state index contributed by atoms with van der Waals surface area (Å²) in [6.07, 6.45) is 2.83. The molecule has 2 rings (SSSR count). The van der Waals surface area contributed by atoms with Crippen molar-refractivity contribution in [1.29, 1.82) is 0 Å². The average molecular weight is 327 g/mol. The van der Waals surface area contributed by atoms with Gasteiger partial charge in [-0.15, -0.1) is 0 Å². The lowest BCUT2D eigenvalue weighted by Crippen LogP contribution is -2.35. The SMILES string of the molecule is COCCCNc1ccc(C(=O)NC2CCS(=O)(=O)C2)cn1. The van der Waals surface area contributed by atoms with Crippen molar-refractivity contribution < 1.29 is 17.9 Å². The normalized spacial score (nSPS) is 19.8. The molecular weight excluding hydrogens is 306 g/mol. The van der Waals surface area contributed by atoms with Gasteiger partial charge in [0.15, 0.2) is 9.84 Å². The fourth-order valence-corrected chi connectivity index (χ4v) is 3.92. The molecule has 0 saturated carbocycles. The average Bonchev–Trinajstić information content (AvgIpc) is 2.83. The van der Waals surface area contributed by atoms with Crippen LogP contribution in [0.1, 0.15) is 23.2 Å². The Morgan fingerprint density at radius 3 is 2.86 bits per heavy atom. The first-order chi connectivity index (χ1) is 10.5. The smallest absolute Gasteiger partial charge is 0.253 e. The minimum Gasteiger partial charge on any atom is -0.385 e. The number of amides is 1. The van der Waals surface area contributed by atoms with Crippen LogP contribution in [0.3, 0.4) is 0 Å². The molecule has 0 spiro atoms. The predicted octanol–water partition coefficient (Wildman–Crippen LogP) is 0.447. The van der Waals surface area contributed by atoms with Crippen molar-refractivity contribution in [3.63, 3.8) is 0 Å². The van der Waals surface area contributed by atoms with Crippen LogP contribution in [0, 0.1) is 0 Å². The van der Waals surface area contributed by atoms with E-state index in [1.54, 1.807) is 19.2 Å². The van der Waals surface area contributed by atoms with Gasteiger partial charge in [-0.05, 0) is 25.0 Å². The third-order valence-corrected chi connectivity index (χ3v) is 5.19. The maximum Gasteiger partial charge on any atom is 0.253 e. The number of aromatic nitrogens is 1. The zero-order valence-corrected chi connectivity index (χ0v) is 13.4. The van der Waals surface area contributed by atoms with Crippen molar-refractivity contribution in [2.75, 3.05) is 37.1 Å². The molecule has 1 atom stereocenters. The Hall–Kier alpha value is -1.67. The van der Waals surface area contributed by atoms with Gasteiger partial charge >= 0.3 is 0 Å². The molecule has 0 aliphatic carbocycles. The summed E-state index contributed by atoms with van der Waals surface area (Å²) in [7, 11) is -1.34. The van der Waals surface area contributed by atoms with E-state index in [4.69, 9.17) is 4.74 Å². The van der Waals surface area contributed by atoms with Crippen molar-refractivity contribution in [1.82, 2.24) is 10.3 Å². The van der Waals surface area contributed by atoms with Crippen molar-refractivity contribution in [2.45, 2.75) is 18.9 Å². The largest absolute Gasteiger partial charge is 0.385 e. The van der Waals surface area contributed by atoms with E-state index in [-0.39, 0.29) is 23.5 Å². The molecule has 1 saturated heterocycles. The topological polar surface area (TPSA) is 97.4 Å². The number of rotatable bonds is 7. The van der Waals surface area contributed by atoms with Gasteiger partial charge in [0, 0.05) is 32.5 Å². The van der Waals surface area contributed by atoms with Crippen LogP contribution in [0.2, 0.25) is 0 Å². The number of sulfone groups is 1. The molecule has 1 aliphatic heterocycles. The molecule has 22 heavy (non-hydrogen) atoms. The van der Waals surface area contributed by atoms with Gasteiger partial charge in [0.1, 0.15) is 5.82 Å². The van der Waals surface area contributed by atoms with Crippen LogP contribution in [0.25, 0.3) is 0 Å². The Kier molecular flexibility index (Phi) is 5.73. The van der Waals surface area contributed by atoms with Crippen LogP contribution >= 0.6 is 0 Å². The van der Waals surface area contributed by atoms with E-state index in [1.807, 2.05) is 0 Å². The number of hydrogen-bond acceptors (Lipinski definition) is 6. The number of methoxy groups -OCH3 is 1. The van der Waals surface area contributed by atoms with E-state index < -0.39 is 9.84 Å². The molecule has 8 heteroatoms. The van der Waals surface area contributed by atoms with Gasteiger partial charge in [-0.25, -0.2) is 13.4 Å². The summed E-state index contributed by atoms with van der Waals surface area (Å²) in [6.45, 7) is 1.42. The van der Waals surface area contributed by atoms with Crippen LogP contribution in [0.15, 0.2) is 18.3 Å². The molecule has 1 aromatic rings. The highest BCUT2D eigenvalue weighted by atomic mass is 32.2. The second-order valence-electron chi connectivity index (χ2n) is 5.28. The molecule has 0 radical (unpaired) electrons. The Labute approximate surface area is 130 Å². The first-order valence-electron chi connectivity index (χ1n) is 7.20. The van der Waals surface area contributed by atoms with E-state index >= 15 is 0 Å². The molecule has 1 aliphatic rings. The maximum atomic E-state index is 12.0. The van der Waals surface area contributed by atoms with Crippen molar-refractivity contribution in [3.05, 3.63) is 23.9 Å². The van der Waals surface area contributed by atoms with E-state index in [0.717, 1.165) is 13.0 Å². The number of nitrogens with one attached hydrogen (secondary N) is 2. The molecule has 1 unspecified atom stereocenters. The van der Waals surface area contributed by atoms with Crippen molar-refractivity contribution in [2.24, 2.45) is 0 Å². The monoisotopic (exact) mass is 327 g/mol. The first-order valence-corrected chi connectivity index (χ1v) is 9.02. The van der Waals surface area contributed by atoms with Gasteiger partial charge in [-0.2, -0.15) is 0 Å². The quantitative estimate of drug-likeness (QED) is 0.706. The van der Waals surface area contributed by atoms with Crippen LogP contribution in [0.4, 0.5) is 5.82 Å². The van der Waals surface area contributed by atoms with Crippen molar-refractivity contribution in [3.8, 4) is 0 Å². The standard InChI is InChI=1S/C14H21N3O4S/c1-21-7-2-6-15-13-4-3-11(9-16-13)14(18)17-12-5-8-22(19,20)10-12/h3-4,9,12H,2,5-8,10H2,1H3,(H,15,16)(H,17,18). The maximum absolute atomic E-state index is 12.0. The number of pyridine rings is 1. The van der Waals surface area contributed by atoms with Crippen molar-refractivity contribution >= 4 is 21.6 Å². The third-order valence-electron chi connectivity index (χ3n) is 3.42. The third kappa shape index (κ3) is 4.96. The first kappa shape index (κ1) is 16.7. The Morgan fingerprint density at radius 2 is 2.27 bits per heavy atom. The molecular formula is C14H21N3O4S. The molecule has 0 aromatic carbocycles. The molecule has 1 aromatic heterocycles.